The topological polar surface area (TPSA) is 133 Å². The van der Waals surface area contributed by atoms with Crippen molar-refractivity contribution in [2.75, 3.05) is 13.6 Å². The molecule has 1 aromatic heterocycles. The smallest absolute Gasteiger partial charge is 0.358 e. The molecule has 9 heteroatoms. The van der Waals surface area contributed by atoms with Gasteiger partial charge in [-0.2, -0.15) is 0 Å². The number of aryl methyl sites for hydroxylation is 1. The highest BCUT2D eigenvalue weighted by Crippen LogP contribution is 2.16. The van der Waals surface area contributed by atoms with E-state index >= 15 is 0 Å². The van der Waals surface area contributed by atoms with Crippen molar-refractivity contribution in [1.82, 2.24) is 15.2 Å². The Balaban J connectivity index is 1.72. The zero-order valence-corrected chi connectivity index (χ0v) is 19.5. The van der Waals surface area contributed by atoms with Crippen LogP contribution >= 0.6 is 0 Å². The van der Waals surface area contributed by atoms with Gasteiger partial charge in [0.05, 0.1) is 6.04 Å². The van der Waals surface area contributed by atoms with Gasteiger partial charge < -0.3 is 19.9 Å². The molecule has 0 aliphatic carbocycles. The maximum atomic E-state index is 13.2. The van der Waals surface area contributed by atoms with Gasteiger partial charge in [0.2, 0.25) is 5.91 Å². The fraction of sp³-hybridized carbons (Fsp3) is 0.308. The summed E-state index contributed by atoms with van der Waals surface area (Å²) in [5.74, 6) is -2.39. The number of aromatic carboxylic acids is 1. The zero-order chi connectivity index (χ0) is 25.2. The molecule has 0 radical (unpaired) electrons. The molecular formula is C26H29N3O6. The molecule has 3 aromatic rings. The maximum Gasteiger partial charge on any atom is 0.358 e. The number of hydrogen-bond acceptors (Lipinski definition) is 6. The van der Waals surface area contributed by atoms with Crippen molar-refractivity contribution in [3.8, 4) is 0 Å². The molecule has 0 aliphatic heterocycles. The molecule has 1 amide bonds. The number of hydrogen-bond donors (Lipinski definition) is 3. The van der Waals surface area contributed by atoms with Gasteiger partial charge in [0, 0.05) is 13.0 Å². The number of carboxylic acids is 2. The van der Waals surface area contributed by atoms with Crippen molar-refractivity contribution in [2.24, 2.45) is 0 Å². The molecule has 0 saturated heterocycles. The molecule has 0 saturated carbocycles. The van der Waals surface area contributed by atoms with Crippen LogP contribution in [-0.2, 0) is 28.9 Å². The summed E-state index contributed by atoms with van der Waals surface area (Å²) in [6.07, 6.45) is 2.42. The highest BCUT2D eigenvalue weighted by atomic mass is 16.4. The summed E-state index contributed by atoms with van der Waals surface area (Å²) in [5, 5.41) is 21.9. The molecule has 1 heterocycles. The van der Waals surface area contributed by atoms with E-state index in [1.165, 1.54) is 0 Å². The van der Waals surface area contributed by atoms with E-state index in [1.807, 2.05) is 60.7 Å². The minimum atomic E-state index is -1.20. The van der Waals surface area contributed by atoms with Crippen LogP contribution in [-0.4, -0.2) is 63.6 Å². The molecule has 9 nitrogen and oxygen atoms in total. The highest BCUT2D eigenvalue weighted by Gasteiger charge is 2.32. The summed E-state index contributed by atoms with van der Waals surface area (Å²) >= 11 is 0. The first-order chi connectivity index (χ1) is 16.9. The van der Waals surface area contributed by atoms with Crippen LogP contribution in [0.15, 0.2) is 71.5 Å². The molecule has 184 valence electrons. The second-order valence-electron chi connectivity index (χ2n) is 8.22. The van der Waals surface area contributed by atoms with Crippen LogP contribution in [0.25, 0.3) is 0 Å². The van der Waals surface area contributed by atoms with Gasteiger partial charge >= 0.3 is 11.9 Å². The average Bonchev–Trinajstić information content (AvgIpc) is 3.32. The predicted molar refractivity (Wildman–Crippen MR) is 128 cm³/mol. The number of aromatic nitrogens is 1. The summed E-state index contributed by atoms with van der Waals surface area (Å²) in [6, 6.07) is 17.4. The van der Waals surface area contributed by atoms with Crippen LogP contribution in [0.1, 0.15) is 33.8 Å². The third-order valence-electron chi connectivity index (χ3n) is 5.89. The highest BCUT2D eigenvalue weighted by molar-refractivity contribution is 5.86. The number of likely N-dealkylation sites (N-methyl/N-ethyl adjacent to an activating group) is 1. The molecule has 0 bridgehead atoms. The van der Waals surface area contributed by atoms with Gasteiger partial charge in [-0.25, -0.2) is 9.78 Å². The van der Waals surface area contributed by atoms with Crippen molar-refractivity contribution in [1.29, 1.82) is 0 Å². The van der Waals surface area contributed by atoms with Gasteiger partial charge in [0.1, 0.15) is 11.8 Å². The summed E-state index contributed by atoms with van der Waals surface area (Å²) in [5.41, 5.74) is 1.73. The Labute approximate surface area is 203 Å². The van der Waals surface area contributed by atoms with E-state index in [0.717, 1.165) is 17.5 Å². The van der Waals surface area contributed by atoms with Gasteiger partial charge in [-0.1, -0.05) is 60.7 Å². The number of oxazole rings is 1. The van der Waals surface area contributed by atoms with Crippen LogP contribution in [0.5, 0.6) is 0 Å². The van der Waals surface area contributed by atoms with Crippen LogP contribution < -0.4 is 5.32 Å². The molecule has 0 aliphatic rings. The van der Waals surface area contributed by atoms with Gasteiger partial charge in [-0.15, -0.1) is 0 Å². The van der Waals surface area contributed by atoms with E-state index in [2.05, 4.69) is 10.3 Å². The Morgan fingerprint density at radius 1 is 0.943 bits per heavy atom. The largest absolute Gasteiger partial charge is 0.480 e. The monoisotopic (exact) mass is 479 g/mol. The number of nitrogens with one attached hydrogen (secondary N) is 1. The number of rotatable bonds is 13. The number of carboxylic acid groups (broad SMARTS) is 2. The first kappa shape index (κ1) is 25.6. The number of benzene rings is 2. The lowest BCUT2D eigenvalue weighted by molar-refractivity contribution is -0.145. The molecule has 0 spiro atoms. The number of carbonyl (C=O) groups is 3. The van der Waals surface area contributed by atoms with E-state index in [9.17, 15) is 19.5 Å². The maximum absolute atomic E-state index is 13.2. The molecule has 3 N–H and O–H groups in total. The standard InChI is InChI=1S/C26H29N3O6/c1-29(20(25(31)32)13-12-18-8-4-2-5-9-18)21(16-19-10-6-3-7-11-19)24(30)27-15-14-22-23(26(33)34)28-17-35-22/h2-11,17,20-21H,12-16H2,1H3,(H,27,30)(H,31,32)(H,33,34)/t20-,21-/m0/s1. The second-order valence-corrected chi connectivity index (χ2v) is 8.22. The van der Waals surface area contributed by atoms with Crippen LogP contribution in [0.3, 0.4) is 0 Å². The minimum absolute atomic E-state index is 0.120. The lowest BCUT2D eigenvalue weighted by Gasteiger charge is -2.32. The quantitative estimate of drug-likeness (QED) is 0.341. The summed E-state index contributed by atoms with van der Waals surface area (Å²) < 4.78 is 5.12. The Morgan fingerprint density at radius 2 is 1.57 bits per heavy atom. The Bertz CT molecular complexity index is 1120. The Hall–Kier alpha value is -3.98. The molecule has 3 rings (SSSR count). The Kier molecular flexibility index (Phi) is 9.14. The van der Waals surface area contributed by atoms with Crippen molar-refractivity contribution in [3.05, 3.63) is 89.6 Å². The summed E-state index contributed by atoms with van der Waals surface area (Å²) in [4.78, 5) is 41.9. The molecule has 2 aromatic carbocycles. The zero-order valence-electron chi connectivity index (χ0n) is 19.5. The van der Waals surface area contributed by atoms with E-state index in [-0.39, 0.29) is 30.3 Å². The molecular weight excluding hydrogens is 450 g/mol. The average molecular weight is 480 g/mol. The number of nitrogens with zero attached hydrogens (tertiary/aromatic N) is 2. The normalized spacial score (nSPS) is 12.7. The van der Waals surface area contributed by atoms with Gasteiger partial charge in [0.15, 0.2) is 12.1 Å². The number of carbonyl (C=O) groups excluding carboxylic acids is 1. The van der Waals surface area contributed by atoms with Gasteiger partial charge in [0.25, 0.3) is 0 Å². The van der Waals surface area contributed by atoms with Gasteiger partial charge in [-0.05, 0) is 37.4 Å². The van der Waals surface area contributed by atoms with E-state index in [1.54, 1.807) is 11.9 Å². The third kappa shape index (κ3) is 7.25. The first-order valence-corrected chi connectivity index (χ1v) is 11.3. The van der Waals surface area contributed by atoms with Crippen molar-refractivity contribution in [3.63, 3.8) is 0 Å². The van der Waals surface area contributed by atoms with Crippen LogP contribution in [0.4, 0.5) is 0 Å². The van der Waals surface area contributed by atoms with Gasteiger partial charge in [-0.3, -0.25) is 14.5 Å². The van der Waals surface area contributed by atoms with E-state index in [4.69, 9.17) is 9.52 Å². The number of amides is 1. The minimum Gasteiger partial charge on any atom is -0.480 e. The van der Waals surface area contributed by atoms with Crippen LogP contribution in [0.2, 0.25) is 0 Å². The van der Waals surface area contributed by atoms with Crippen molar-refractivity contribution < 1.29 is 29.0 Å². The summed E-state index contributed by atoms with van der Waals surface area (Å²) in [7, 11) is 1.65. The van der Waals surface area contributed by atoms with Crippen LogP contribution in [0, 0.1) is 0 Å². The predicted octanol–water partition coefficient (Wildman–Crippen LogP) is 2.66. The lowest BCUT2D eigenvalue weighted by Crippen LogP contribution is -2.53. The van der Waals surface area contributed by atoms with E-state index < -0.39 is 24.0 Å². The first-order valence-electron chi connectivity index (χ1n) is 11.3. The molecule has 0 unspecified atom stereocenters. The third-order valence-corrected chi connectivity index (χ3v) is 5.89. The van der Waals surface area contributed by atoms with E-state index in [0.29, 0.717) is 19.3 Å². The second kappa shape index (κ2) is 12.5. The lowest BCUT2D eigenvalue weighted by atomic mass is 9.99. The molecule has 35 heavy (non-hydrogen) atoms. The fourth-order valence-electron chi connectivity index (χ4n) is 3.96. The van der Waals surface area contributed by atoms with Crippen molar-refractivity contribution >= 4 is 17.8 Å². The van der Waals surface area contributed by atoms with Crippen molar-refractivity contribution in [2.45, 2.75) is 37.8 Å². The SMILES string of the molecule is CN([C@@H](CCc1ccccc1)C(=O)O)[C@@H](Cc1ccccc1)C(=O)NCCc1ocnc1C(=O)O. The Morgan fingerprint density at radius 3 is 2.17 bits per heavy atom. The molecule has 2 atom stereocenters. The molecule has 0 fully saturated rings. The summed E-state index contributed by atoms with van der Waals surface area (Å²) in [6.45, 7) is 0.120. The fourth-order valence-corrected chi connectivity index (χ4v) is 3.96. The number of aliphatic carboxylic acids is 1.